The van der Waals surface area contributed by atoms with Crippen molar-refractivity contribution in [1.29, 1.82) is 0 Å². The summed E-state index contributed by atoms with van der Waals surface area (Å²) < 4.78 is 6.51. The quantitative estimate of drug-likeness (QED) is 0.660. The highest BCUT2D eigenvalue weighted by Gasteiger charge is 2.25. The predicted octanol–water partition coefficient (Wildman–Crippen LogP) is 4.67. The number of Topliss-reactive ketones (excluding diaryl/α,β-unsaturated/α-hetero) is 1. The Bertz CT molecular complexity index is 713. The third-order valence-corrected chi connectivity index (χ3v) is 5.25. The van der Waals surface area contributed by atoms with Gasteiger partial charge < -0.3 is 14.4 Å². The molecule has 2 aromatic rings. The lowest BCUT2D eigenvalue weighted by Gasteiger charge is -2.34. The summed E-state index contributed by atoms with van der Waals surface area (Å²) in [6, 6.07) is 13.7. The predicted molar refractivity (Wildman–Crippen MR) is 108 cm³/mol. The Kier molecular flexibility index (Phi) is 7.39. The number of carbonyl (C=O) groups is 1. The van der Waals surface area contributed by atoms with E-state index in [1.165, 1.54) is 0 Å². The Hall–Kier alpha value is -1.75. The molecule has 1 aromatic heterocycles. The van der Waals surface area contributed by atoms with Crippen LogP contribution in [-0.4, -0.2) is 41.4 Å². The number of ketones is 1. The number of nitrogens with zero attached hydrogens (tertiary/aromatic N) is 2. The minimum Gasteiger partial charge on any atom is -0.364 e. The molecule has 0 saturated carbocycles. The number of rotatable bonds is 8. The molecule has 27 heavy (non-hydrogen) atoms. The Labute approximate surface area is 166 Å². The number of likely N-dealkylation sites (tertiary alicyclic amines) is 1. The number of piperidine rings is 1. The van der Waals surface area contributed by atoms with E-state index in [0.29, 0.717) is 6.42 Å². The zero-order valence-corrected chi connectivity index (χ0v) is 16.6. The smallest absolute Gasteiger partial charge is 0.129 e. The first kappa shape index (κ1) is 20.0. The molecule has 3 rings (SSSR count). The first-order valence-corrected chi connectivity index (χ1v) is 10.0. The van der Waals surface area contributed by atoms with Gasteiger partial charge in [-0.25, -0.2) is 0 Å². The second kappa shape index (κ2) is 9.98. The normalized spacial score (nSPS) is 17.0. The molecule has 0 N–H and O–H groups in total. The molecule has 1 saturated heterocycles. The highest BCUT2D eigenvalue weighted by Crippen LogP contribution is 2.29. The molecule has 0 radical (unpaired) electrons. The van der Waals surface area contributed by atoms with Gasteiger partial charge >= 0.3 is 0 Å². The van der Waals surface area contributed by atoms with Gasteiger partial charge in [0.15, 0.2) is 0 Å². The van der Waals surface area contributed by atoms with E-state index in [0.717, 1.165) is 55.2 Å². The number of hydrogen-bond acceptors (Lipinski definition) is 4. The van der Waals surface area contributed by atoms with Crippen LogP contribution in [0.5, 0.6) is 0 Å². The van der Waals surface area contributed by atoms with Crippen LogP contribution >= 0.6 is 11.6 Å². The average molecular weight is 387 g/mol. The molecule has 144 valence electrons. The Morgan fingerprint density at radius 2 is 1.96 bits per heavy atom. The lowest BCUT2D eigenvalue weighted by atomic mass is 10.0. The van der Waals surface area contributed by atoms with Crippen LogP contribution in [0.2, 0.25) is 5.02 Å². The molecule has 1 aliphatic rings. The van der Waals surface area contributed by atoms with Crippen LogP contribution in [0.3, 0.4) is 0 Å². The fraction of sp³-hybridized carbons (Fsp3) is 0.455. The van der Waals surface area contributed by atoms with Gasteiger partial charge in [0.05, 0.1) is 11.8 Å². The summed E-state index contributed by atoms with van der Waals surface area (Å²) in [4.78, 5) is 18.0. The van der Waals surface area contributed by atoms with Crippen molar-refractivity contribution < 1.29 is 9.53 Å². The number of hydrogen-bond donors (Lipinski definition) is 0. The SMILES string of the molecule is CC(=O)CCCN1CCC(OC(c2ccc(Cl)cc2)c2ccccn2)CC1. The van der Waals surface area contributed by atoms with Gasteiger partial charge in [0.25, 0.3) is 0 Å². The maximum atomic E-state index is 11.1. The Morgan fingerprint density at radius 3 is 2.59 bits per heavy atom. The largest absolute Gasteiger partial charge is 0.364 e. The van der Waals surface area contributed by atoms with Crippen LogP contribution < -0.4 is 0 Å². The zero-order valence-electron chi connectivity index (χ0n) is 15.8. The van der Waals surface area contributed by atoms with E-state index in [9.17, 15) is 4.79 Å². The van der Waals surface area contributed by atoms with E-state index < -0.39 is 0 Å². The maximum Gasteiger partial charge on any atom is 0.129 e. The van der Waals surface area contributed by atoms with Crippen molar-refractivity contribution in [3.05, 3.63) is 64.9 Å². The van der Waals surface area contributed by atoms with Crippen molar-refractivity contribution >= 4 is 17.4 Å². The minimum atomic E-state index is -0.183. The lowest BCUT2D eigenvalue weighted by Crippen LogP contribution is -2.38. The van der Waals surface area contributed by atoms with Gasteiger partial charge in [-0.3, -0.25) is 4.98 Å². The number of ether oxygens (including phenoxy) is 1. The second-order valence-electron chi connectivity index (χ2n) is 7.17. The average Bonchev–Trinajstić information content (AvgIpc) is 2.68. The van der Waals surface area contributed by atoms with E-state index in [1.807, 2.05) is 42.5 Å². The van der Waals surface area contributed by atoms with E-state index in [4.69, 9.17) is 16.3 Å². The molecule has 0 aliphatic carbocycles. The van der Waals surface area contributed by atoms with E-state index in [1.54, 1.807) is 13.1 Å². The number of benzene rings is 1. The van der Waals surface area contributed by atoms with Gasteiger partial charge in [0.1, 0.15) is 11.9 Å². The summed E-state index contributed by atoms with van der Waals surface area (Å²) in [5.74, 6) is 0.273. The summed E-state index contributed by atoms with van der Waals surface area (Å²) in [5, 5.41) is 0.720. The molecule has 1 aromatic carbocycles. The second-order valence-corrected chi connectivity index (χ2v) is 7.61. The molecule has 1 unspecified atom stereocenters. The van der Waals surface area contributed by atoms with Crippen molar-refractivity contribution in [1.82, 2.24) is 9.88 Å². The summed E-state index contributed by atoms with van der Waals surface area (Å²) in [6.45, 7) is 4.68. The number of carbonyl (C=O) groups excluding carboxylic acids is 1. The third-order valence-electron chi connectivity index (χ3n) is 5.00. The summed E-state index contributed by atoms with van der Waals surface area (Å²) in [5.41, 5.74) is 1.99. The molecule has 4 nitrogen and oxygen atoms in total. The van der Waals surface area contributed by atoms with Crippen LogP contribution in [0.4, 0.5) is 0 Å². The summed E-state index contributed by atoms with van der Waals surface area (Å²) in [6.07, 6.45) is 5.44. The number of aromatic nitrogens is 1. The van der Waals surface area contributed by atoms with Crippen LogP contribution in [0.15, 0.2) is 48.7 Å². The zero-order chi connectivity index (χ0) is 19.1. The Morgan fingerprint density at radius 1 is 1.22 bits per heavy atom. The van der Waals surface area contributed by atoms with E-state index in [2.05, 4.69) is 9.88 Å². The molecule has 0 amide bonds. The number of halogens is 1. The summed E-state index contributed by atoms with van der Waals surface area (Å²) >= 11 is 6.05. The molecule has 5 heteroatoms. The van der Waals surface area contributed by atoms with E-state index >= 15 is 0 Å². The molecule has 1 atom stereocenters. The fourth-order valence-electron chi connectivity index (χ4n) is 3.50. The van der Waals surface area contributed by atoms with Crippen molar-refractivity contribution in [2.45, 2.75) is 44.8 Å². The molecule has 2 heterocycles. The molecular formula is C22H27ClN2O2. The lowest BCUT2D eigenvalue weighted by molar-refractivity contribution is -0.117. The first-order chi connectivity index (χ1) is 13.1. The molecular weight excluding hydrogens is 360 g/mol. The van der Waals surface area contributed by atoms with Crippen molar-refractivity contribution in [3.8, 4) is 0 Å². The maximum absolute atomic E-state index is 11.1. The minimum absolute atomic E-state index is 0.183. The monoisotopic (exact) mass is 386 g/mol. The fourth-order valence-corrected chi connectivity index (χ4v) is 3.63. The van der Waals surface area contributed by atoms with Gasteiger partial charge in [0, 0.05) is 30.7 Å². The van der Waals surface area contributed by atoms with Gasteiger partial charge in [-0.1, -0.05) is 29.8 Å². The van der Waals surface area contributed by atoms with Crippen molar-refractivity contribution in [2.24, 2.45) is 0 Å². The van der Waals surface area contributed by atoms with Gasteiger partial charge in [0.2, 0.25) is 0 Å². The molecule has 0 bridgehead atoms. The van der Waals surface area contributed by atoms with Gasteiger partial charge in [-0.15, -0.1) is 0 Å². The van der Waals surface area contributed by atoms with Gasteiger partial charge in [-0.2, -0.15) is 0 Å². The topological polar surface area (TPSA) is 42.4 Å². The molecule has 0 spiro atoms. The van der Waals surface area contributed by atoms with E-state index in [-0.39, 0.29) is 18.0 Å². The highest BCUT2D eigenvalue weighted by atomic mass is 35.5. The third kappa shape index (κ3) is 6.13. The number of pyridine rings is 1. The molecule has 1 aliphatic heterocycles. The van der Waals surface area contributed by atoms with Crippen molar-refractivity contribution in [2.75, 3.05) is 19.6 Å². The van der Waals surface area contributed by atoms with Crippen LogP contribution in [0.25, 0.3) is 0 Å². The van der Waals surface area contributed by atoms with Crippen LogP contribution in [0.1, 0.15) is 50.0 Å². The highest BCUT2D eigenvalue weighted by molar-refractivity contribution is 6.30. The van der Waals surface area contributed by atoms with Crippen molar-refractivity contribution in [3.63, 3.8) is 0 Å². The van der Waals surface area contributed by atoms with Crippen LogP contribution in [-0.2, 0) is 9.53 Å². The molecule has 1 fully saturated rings. The first-order valence-electron chi connectivity index (χ1n) is 9.65. The Balaban J connectivity index is 1.60. The van der Waals surface area contributed by atoms with Crippen LogP contribution in [0, 0.1) is 0 Å². The van der Waals surface area contributed by atoms with Gasteiger partial charge in [-0.05, 0) is 62.6 Å². The standard InChI is InChI=1S/C22H27ClN2O2/c1-17(26)5-4-14-25-15-11-20(12-16-25)27-22(21-6-2-3-13-24-21)18-7-9-19(23)10-8-18/h2-3,6-10,13,20,22H,4-5,11-12,14-16H2,1H3. The summed E-state index contributed by atoms with van der Waals surface area (Å²) in [7, 11) is 0.